The Labute approximate surface area is 130 Å². The van der Waals surface area contributed by atoms with Crippen LogP contribution >= 0.6 is 23.8 Å². The van der Waals surface area contributed by atoms with Gasteiger partial charge in [0.25, 0.3) is 0 Å². The lowest BCUT2D eigenvalue weighted by molar-refractivity contribution is 0.628. The second-order valence-corrected chi connectivity index (χ2v) is 5.46. The molecule has 106 valence electrons. The molecule has 21 heavy (non-hydrogen) atoms. The monoisotopic (exact) mass is 320 g/mol. The van der Waals surface area contributed by atoms with Gasteiger partial charge in [0.15, 0.2) is 5.65 Å². The second kappa shape index (κ2) is 5.38. The van der Waals surface area contributed by atoms with E-state index in [9.17, 15) is 4.39 Å². The Morgan fingerprint density at radius 3 is 2.90 bits per heavy atom. The number of hydrogen-bond acceptors (Lipinski definition) is 3. The molecule has 3 rings (SSSR count). The first-order valence-electron chi connectivity index (χ1n) is 6.10. The molecule has 0 aliphatic heterocycles. The lowest BCUT2D eigenvalue weighted by atomic mass is 10.2. The maximum Gasteiger partial charge on any atom is 0.160 e. The first-order chi connectivity index (χ1) is 10.0. The molecule has 0 saturated heterocycles. The highest BCUT2D eigenvalue weighted by Gasteiger charge is 2.15. The topological polar surface area (TPSA) is 56.7 Å². The van der Waals surface area contributed by atoms with Crippen molar-refractivity contribution in [2.24, 2.45) is 5.73 Å². The molecule has 1 aromatic carbocycles. The lowest BCUT2D eigenvalue weighted by Gasteiger charge is -2.07. The SMILES string of the molecule is NC(=S)Cn1c(-c2cccc(F)c2)nc2cc(Cl)cnc21. The molecule has 2 aromatic heterocycles. The normalized spacial score (nSPS) is 11.0. The highest BCUT2D eigenvalue weighted by molar-refractivity contribution is 7.80. The van der Waals surface area contributed by atoms with Crippen molar-refractivity contribution in [2.45, 2.75) is 6.54 Å². The number of pyridine rings is 1. The fraction of sp³-hybridized carbons (Fsp3) is 0.0714. The number of thiocarbonyl (C=S) groups is 1. The zero-order valence-electron chi connectivity index (χ0n) is 10.8. The van der Waals surface area contributed by atoms with E-state index in [1.165, 1.54) is 18.3 Å². The second-order valence-electron chi connectivity index (χ2n) is 4.49. The zero-order chi connectivity index (χ0) is 15.0. The van der Waals surface area contributed by atoms with Crippen LogP contribution in [0, 0.1) is 5.82 Å². The van der Waals surface area contributed by atoms with E-state index in [0.29, 0.717) is 32.6 Å². The molecule has 0 radical (unpaired) electrons. The lowest BCUT2D eigenvalue weighted by Crippen LogP contribution is -2.17. The fourth-order valence-corrected chi connectivity index (χ4v) is 2.42. The molecular weight excluding hydrogens is 311 g/mol. The van der Waals surface area contributed by atoms with Gasteiger partial charge in [0, 0.05) is 11.8 Å². The molecule has 0 fully saturated rings. The molecular formula is C14H10ClFN4S. The summed E-state index contributed by atoms with van der Waals surface area (Å²) >= 11 is 10.9. The van der Waals surface area contributed by atoms with Crippen molar-refractivity contribution in [3.63, 3.8) is 0 Å². The standard InChI is InChI=1S/C14H10ClFN4S/c15-9-5-11-14(18-6-9)20(7-12(17)21)13(19-11)8-2-1-3-10(16)4-8/h1-6H,7H2,(H2,17,21). The number of nitrogens with two attached hydrogens (primary N) is 1. The predicted molar refractivity (Wildman–Crippen MR) is 84.7 cm³/mol. The number of nitrogens with zero attached hydrogens (tertiary/aromatic N) is 3. The van der Waals surface area contributed by atoms with Crippen LogP contribution in [-0.2, 0) is 6.54 Å². The molecule has 3 aromatic rings. The Morgan fingerprint density at radius 2 is 2.19 bits per heavy atom. The van der Waals surface area contributed by atoms with Gasteiger partial charge in [0.1, 0.15) is 17.2 Å². The van der Waals surface area contributed by atoms with Crippen LogP contribution in [0.2, 0.25) is 5.02 Å². The predicted octanol–water partition coefficient (Wildman–Crippen LogP) is 3.18. The Morgan fingerprint density at radius 1 is 1.38 bits per heavy atom. The summed E-state index contributed by atoms with van der Waals surface area (Å²) in [6.45, 7) is 0.270. The molecule has 0 amide bonds. The van der Waals surface area contributed by atoms with Crippen LogP contribution in [0.3, 0.4) is 0 Å². The van der Waals surface area contributed by atoms with Gasteiger partial charge in [0.05, 0.1) is 16.6 Å². The highest BCUT2D eigenvalue weighted by Crippen LogP contribution is 2.25. The average Bonchev–Trinajstić information content (AvgIpc) is 2.76. The number of fused-ring (bicyclic) bond motifs is 1. The van der Waals surface area contributed by atoms with Crippen molar-refractivity contribution in [1.82, 2.24) is 14.5 Å². The molecule has 0 aliphatic rings. The van der Waals surface area contributed by atoms with Crippen molar-refractivity contribution in [1.29, 1.82) is 0 Å². The molecule has 2 heterocycles. The van der Waals surface area contributed by atoms with Gasteiger partial charge in [-0.3, -0.25) is 0 Å². The van der Waals surface area contributed by atoms with Crippen molar-refractivity contribution in [3.05, 3.63) is 47.4 Å². The number of halogens is 2. The first-order valence-corrected chi connectivity index (χ1v) is 6.89. The van der Waals surface area contributed by atoms with Gasteiger partial charge in [-0.1, -0.05) is 36.0 Å². The highest BCUT2D eigenvalue weighted by atomic mass is 35.5. The van der Waals surface area contributed by atoms with Gasteiger partial charge >= 0.3 is 0 Å². The summed E-state index contributed by atoms with van der Waals surface area (Å²) in [7, 11) is 0. The van der Waals surface area contributed by atoms with E-state index in [2.05, 4.69) is 9.97 Å². The number of benzene rings is 1. The maximum absolute atomic E-state index is 13.4. The van der Waals surface area contributed by atoms with E-state index in [1.54, 1.807) is 22.8 Å². The number of hydrogen-bond donors (Lipinski definition) is 1. The van der Waals surface area contributed by atoms with Crippen LogP contribution in [0.5, 0.6) is 0 Å². The number of rotatable bonds is 3. The summed E-state index contributed by atoms with van der Waals surface area (Å²) in [5.41, 5.74) is 7.47. The zero-order valence-corrected chi connectivity index (χ0v) is 12.3. The quantitative estimate of drug-likeness (QED) is 0.753. The van der Waals surface area contributed by atoms with E-state index in [0.717, 1.165) is 0 Å². The van der Waals surface area contributed by atoms with Gasteiger partial charge in [-0.05, 0) is 18.2 Å². The van der Waals surface area contributed by atoms with E-state index in [1.807, 2.05) is 0 Å². The Kier molecular flexibility index (Phi) is 3.57. The molecule has 0 aliphatic carbocycles. The Balaban J connectivity index is 2.27. The van der Waals surface area contributed by atoms with Gasteiger partial charge < -0.3 is 10.3 Å². The summed E-state index contributed by atoms with van der Waals surface area (Å²) < 4.78 is 15.2. The maximum atomic E-state index is 13.4. The molecule has 0 saturated carbocycles. The van der Waals surface area contributed by atoms with Gasteiger partial charge in [0.2, 0.25) is 0 Å². The van der Waals surface area contributed by atoms with Gasteiger partial charge in [-0.2, -0.15) is 0 Å². The molecule has 4 nitrogen and oxygen atoms in total. The van der Waals surface area contributed by atoms with Crippen molar-refractivity contribution in [2.75, 3.05) is 0 Å². The molecule has 0 atom stereocenters. The van der Waals surface area contributed by atoms with Crippen LogP contribution in [0.25, 0.3) is 22.6 Å². The summed E-state index contributed by atoms with van der Waals surface area (Å²) in [6.07, 6.45) is 1.52. The molecule has 0 bridgehead atoms. The van der Waals surface area contributed by atoms with E-state index < -0.39 is 0 Å². The average molecular weight is 321 g/mol. The molecule has 2 N–H and O–H groups in total. The smallest absolute Gasteiger partial charge is 0.160 e. The summed E-state index contributed by atoms with van der Waals surface area (Å²) in [5.74, 6) is 0.208. The Hall–Kier alpha value is -2.05. The summed E-state index contributed by atoms with van der Waals surface area (Å²) in [5, 5.41) is 0.480. The molecule has 0 spiro atoms. The third kappa shape index (κ3) is 2.72. The largest absolute Gasteiger partial charge is 0.392 e. The third-order valence-corrected chi connectivity index (χ3v) is 3.28. The van der Waals surface area contributed by atoms with Crippen LogP contribution in [-0.4, -0.2) is 19.5 Å². The number of imidazole rings is 1. The Bertz CT molecular complexity index is 846. The minimum atomic E-state index is -0.340. The van der Waals surface area contributed by atoms with Crippen molar-refractivity contribution < 1.29 is 4.39 Å². The minimum Gasteiger partial charge on any atom is -0.392 e. The van der Waals surface area contributed by atoms with Crippen molar-refractivity contribution in [3.8, 4) is 11.4 Å². The van der Waals surface area contributed by atoms with Gasteiger partial charge in [-0.25, -0.2) is 14.4 Å². The van der Waals surface area contributed by atoms with E-state index in [4.69, 9.17) is 29.6 Å². The van der Waals surface area contributed by atoms with Crippen LogP contribution in [0.15, 0.2) is 36.5 Å². The number of aromatic nitrogens is 3. The minimum absolute atomic E-state index is 0.270. The first kappa shape index (κ1) is 13.9. The van der Waals surface area contributed by atoms with E-state index >= 15 is 0 Å². The van der Waals surface area contributed by atoms with Gasteiger partial charge in [-0.15, -0.1) is 0 Å². The molecule has 0 unspecified atom stereocenters. The van der Waals surface area contributed by atoms with E-state index in [-0.39, 0.29) is 12.4 Å². The van der Waals surface area contributed by atoms with Crippen LogP contribution in [0.1, 0.15) is 0 Å². The fourth-order valence-electron chi connectivity index (χ4n) is 2.14. The van der Waals surface area contributed by atoms with Crippen LogP contribution in [0.4, 0.5) is 4.39 Å². The summed E-state index contributed by atoms with van der Waals surface area (Å²) in [4.78, 5) is 9.03. The van der Waals surface area contributed by atoms with Crippen molar-refractivity contribution >= 4 is 40.0 Å². The third-order valence-electron chi connectivity index (χ3n) is 2.95. The van der Waals surface area contributed by atoms with Crippen LogP contribution < -0.4 is 5.73 Å². The summed E-state index contributed by atoms with van der Waals surface area (Å²) in [6, 6.07) is 7.86. The molecule has 7 heteroatoms.